The third-order valence-electron chi connectivity index (χ3n) is 3.77. The lowest BCUT2D eigenvalue weighted by atomic mass is 10.1. The Morgan fingerprint density at radius 1 is 0.818 bits per heavy atom. The second-order valence-corrected chi connectivity index (χ2v) is 5.47. The maximum atomic E-state index is 5.69. The van der Waals surface area contributed by atoms with Crippen molar-refractivity contribution in [2.45, 2.75) is 26.9 Å². The number of aryl methyl sites for hydroxylation is 2. The van der Waals surface area contributed by atoms with E-state index >= 15 is 0 Å². The van der Waals surface area contributed by atoms with Crippen LogP contribution in [0.25, 0.3) is 0 Å². The third kappa shape index (κ3) is 2.67. The highest BCUT2D eigenvalue weighted by molar-refractivity contribution is 5.61. The topological polar surface area (TPSA) is 101 Å². The Bertz CT molecular complexity index is 792. The molecule has 2 heterocycles. The number of nitrogens with two attached hydrogens (primary N) is 2. The summed E-state index contributed by atoms with van der Waals surface area (Å²) in [4.78, 5) is 0. The summed E-state index contributed by atoms with van der Waals surface area (Å²) in [5.74, 6) is 0. The fourth-order valence-corrected chi connectivity index (χ4v) is 2.48. The monoisotopic (exact) mass is 294 g/mol. The van der Waals surface area contributed by atoms with E-state index in [1.54, 1.807) is 0 Å². The van der Waals surface area contributed by atoms with Crippen molar-refractivity contribution in [2.24, 2.45) is 20.5 Å². The van der Waals surface area contributed by atoms with Crippen LogP contribution in [-0.4, -0.2) is 0 Å². The third-order valence-corrected chi connectivity index (χ3v) is 3.77. The van der Waals surface area contributed by atoms with Gasteiger partial charge in [-0.2, -0.15) is 20.5 Å². The van der Waals surface area contributed by atoms with Crippen LogP contribution in [-0.2, 0) is 13.1 Å². The first-order valence-electron chi connectivity index (χ1n) is 7.07. The van der Waals surface area contributed by atoms with Crippen molar-refractivity contribution in [1.29, 1.82) is 0 Å². The minimum absolute atomic E-state index is 0.705. The molecule has 0 fully saturated rings. The van der Waals surface area contributed by atoms with Gasteiger partial charge in [-0.25, -0.2) is 0 Å². The largest absolute Gasteiger partial charge is 0.399 e. The lowest BCUT2D eigenvalue weighted by Crippen LogP contribution is -1.89. The van der Waals surface area contributed by atoms with E-state index in [0.29, 0.717) is 13.1 Å². The summed E-state index contributed by atoms with van der Waals surface area (Å²) in [6, 6.07) is 7.74. The van der Waals surface area contributed by atoms with Crippen molar-refractivity contribution < 1.29 is 0 Å². The predicted octanol–water partition coefficient (Wildman–Crippen LogP) is 4.35. The number of nitrogen functional groups attached to an aromatic ring is 2. The first-order valence-corrected chi connectivity index (χ1v) is 7.07. The van der Waals surface area contributed by atoms with Crippen molar-refractivity contribution >= 4 is 22.7 Å². The Balaban J connectivity index is 0.000000131. The molecule has 0 saturated heterocycles. The van der Waals surface area contributed by atoms with E-state index in [0.717, 1.165) is 28.3 Å². The highest BCUT2D eigenvalue weighted by Crippen LogP contribution is 2.32. The zero-order chi connectivity index (χ0) is 15.7. The fourth-order valence-electron chi connectivity index (χ4n) is 2.48. The molecule has 0 amide bonds. The Morgan fingerprint density at radius 2 is 1.55 bits per heavy atom. The SMILES string of the molecule is Cc1cc(N)cc2c1CN=N2.Cc1cc2c(cc1N)N=NC2. The van der Waals surface area contributed by atoms with E-state index in [1.807, 2.05) is 38.1 Å². The van der Waals surface area contributed by atoms with Gasteiger partial charge in [0.2, 0.25) is 0 Å². The molecule has 6 nitrogen and oxygen atoms in total. The number of nitrogens with zero attached hydrogens (tertiary/aromatic N) is 4. The van der Waals surface area contributed by atoms with Gasteiger partial charge in [-0.3, -0.25) is 0 Å². The minimum atomic E-state index is 0.705. The Hall–Kier alpha value is -2.76. The van der Waals surface area contributed by atoms with Gasteiger partial charge < -0.3 is 11.5 Å². The van der Waals surface area contributed by atoms with Crippen LogP contribution >= 0.6 is 0 Å². The van der Waals surface area contributed by atoms with Crippen LogP contribution in [0.2, 0.25) is 0 Å². The van der Waals surface area contributed by atoms with Crippen LogP contribution in [0.3, 0.4) is 0 Å². The lowest BCUT2D eigenvalue weighted by Gasteiger charge is -2.01. The molecule has 6 heteroatoms. The van der Waals surface area contributed by atoms with Crippen LogP contribution in [0.4, 0.5) is 22.7 Å². The Labute approximate surface area is 129 Å². The predicted molar refractivity (Wildman–Crippen MR) is 87.6 cm³/mol. The maximum Gasteiger partial charge on any atom is 0.0927 e. The van der Waals surface area contributed by atoms with Crippen LogP contribution in [0, 0.1) is 13.8 Å². The molecule has 2 aromatic carbocycles. The minimum Gasteiger partial charge on any atom is -0.399 e. The van der Waals surface area contributed by atoms with Crippen molar-refractivity contribution in [3.8, 4) is 0 Å². The van der Waals surface area contributed by atoms with Gasteiger partial charge in [0.25, 0.3) is 0 Å². The molecule has 0 spiro atoms. The number of fused-ring (bicyclic) bond motifs is 2. The smallest absolute Gasteiger partial charge is 0.0927 e. The second-order valence-electron chi connectivity index (χ2n) is 5.47. The van der Waals surface area contributed by atoms with E-state index in [1.165, 1.54) is 16.7 Å². The molecular weight excluding hydrogens is 276 g/mol. The summed E-state index contributed by atoms with van der Waals surface area (Å²) in [5, 5.41) is 15.7. The Kier molecular flexibility index (Phi) is 3.58. The number of anilines is 2. The number of azo groups is 2. The lowest BCUT2D eigenvalue weighted by molar-refractivity contribution is 1.03. The number of hydrogen-bond acceptors (Lipinski definition) is 6. The summed E-state index contributed by atoms with van der Waals surface area (Å²) in [5.41, 5.74) is 19.4. The van der Waals surface area contributed by atoms with Gasteiger partial charge in [0.15, 0.2) is 0 Å². The van der Waals surface area contributed by atoms with Crippen molar-refractivity contribution in [3.05, 3.63) is 46.5 Å². The highest BCUT2D eigenvalue weighted by Gasteiger charge is 2.10. The second kappa shape index (κ2) is 5.55. The molecule has 4 N–H and O–H groups in total. The summed E-state index contributed by atoms with van der Waals surface area (Å²) in [6.07, 6.45) is 0. The quantitative estimate of drug-likeness (QED) is 0.705. The number of rotatable bonds is 0. The van der Waals surface area contributed by atoms with Gasteiger partial charge in [0, 0.05) is 22.5 Å². The molecule has 22 heavy (non-hydrogen) atoms. The maximum absolute atomic E-state index is 5.69. The summed E-state index contributed by atoms with van der Waals surface area (Å²) < 4.78 is 0. The average molecular weight is 294 g/mol. The standard InChI is InChI=1S/2C8H9N3/c1-5-2-6-4-10-11-8(6)3-7(5)9;1-5-2-6(9)3-8-7(5)4-10-11-8/h2*2-3H,4,9H2,1H3. The van der Waals surface area contributed by atoms with Crippen LogP contribution in [0.15, 0.2) is 44.7 Å². The van der Waals surface area contributed by atoms with Gasteiger partial charge in [0.1, 0.15) is 0 Å². The molecule has 2 aromatic rings. The van der Waals surface area contributed by atoms with E-state index in [-0.39, 0.29) is 0 Å². The number of hydrogen-bond donors (Lipinski definition) is 2. The van der Waals surface area contributed by atoms with E-state index < -0.39 is 0 Å². The van der Waals surface area contributed by atoms with E-state index in [2.05, 4.69) is 20.5 Å². The normalized spacial score (nSPS) is 13.5. The van der Waals surface area contributed by atoms with Gasteiger partial charge >= 0.3 is 0 Å². The molecule has 112 valence electrons. The molecule has 2 aliphatic rings. The molecule has 0 atom stereocenters. The van der Waals surface area contributed by atoms with E-state index in [9.17, 15) is 0 Å². The summed E-state index contributed by atoms with van der Waals surface area (Å²) in [6.45, 7) is 5.44. The van der Waals surface area contributed by atoms with Gasteiger partial charge in [-0.15, -0.1) is 0 Å². The molecule has 0 aliphatic carbocycles. The van der Waals surface area contributed by atoms with E-state index in [4.69, 9.17) is 11.5 Å². The van der Waals surface area contributed by atoms with Crippen LogP contribution < -0.4 is 11.5 Å². The van der Waals surface area contributed by atoms with Crippen molar-refractivity contribution in [3.63, 3.8) is 0 Å². The first-order chi connectivity index (χ1) is 10.5. The fraction of sp³-hybridized carbons (Fsp3) is 0.250. The molecule has 0 saturated carbocycles. The molecule has 0 bridgehead atoms. The summed E-state index contributed by atoms with van der Waals surface area (Å²) in [7, 11) is 0. The van der Waals surface area contributed by atoms with Gasteiger partial charge in [-0.05, 0) is 49.2 Å². The zero-order valence-corrected chi connectivity index (χ0v) is 12.7. The average Bonchev–Trinajstić information content (AvgIpc) is 3.08. The molecule has 0 radical (unpaired) electrons. The molecule has 2 aliphatic heterocycles. The summed E-state index contributed by atoms with van der Waals surface area (Å²) >= 11 is 0. The Morgan fingerprint density at radius 3 is 2.36 bits per heavy atom. The molecular formula is C16H18N6. The molecule has 0 aromatic heterocycles. The highest BCUT2D eigenvalue weighted by atomic mass is 15.1. The first kappa shape index (κ1) is 14.2. The molecule has 0 unspecified atom stereocenters. The van der Waals surface area contributed by atoms with Gasteiger partial charge in [0.05, 0.1) is 24.5 Å². The van der Waals surface area contributed by atoms with Crippen LogP contribution in [0.1, 0.15) is 22.3 Å². The zero-order valence-electron chi connectivity index (χ0n) is 12.7. The van der Waals surface area contributed by atoms with Crippen molar-refractivity contribution in [2.75, 3.05) is 11.5 Å². The molecule has 4 rings (SSSR count). The van der Waals surface area contributed by atoms with Gasteiger partial charge in [-0.1, -0.05) is 0 Å². The van der Waals surface area contributed by atoms with Crippen LogP contribution in [0.5, 0.6) is 0 Å². The number of benzene rings is 2. The van der Waals surface area contributed by atoms with Crippen molar-refractivity contribution in [1.82, 2.24) is 0 Å².